The molecule has 2 aromatic carbocycles. The Bertz CT molecular complexity index is 1350. The van der Waals surface area contributed by atoms with Crippen molar-refractivity contribution in [1.82, 2.24) is 15.0 Å². The highest BCUT2D eigenvalue weighted by molar-refractivity contribution is 7.14. The number of benzene rings is 2. The summed E-state index contributed by atoms with van der Waals surface area (Å²) < 4.78 is 13.8. The van der Waals surface area contributed by atoms with Gasteiger partial charge in [0, 0.05) is 22.4 Å². The highest BCUT2D eigenvalue weighted by atomic mass is 35.5. The van der Waals surface area contributed by atoms with Crippen molar-refractivity contribution < 1.29 is 4.39 Å². The van der Waals surface area contributed by atoms with E-state index >= 15 is 0 Å². The topological polar surface area (TPSA) is 61.5 Å². The van der Waals surface area contributed by atoms with Crippen molar-refractivity contribution in [2.24, 2.45) is 0 Å². The summed E-state index contributed by atoms with van der Waals surface area (Å²) in [6.45, 7) is 0. The molecule has 5 rings (SSSR count). The molecule has 0 unspecified atom stereocenters. The summed E-state index contributed by atoms with van der Waals surface area (Å²) in [4.78, 5) is 23.9. The summed E-state index contributed by atoms with van der Waals surface area (Å²) in [6.07, 6.45) is 1.58. The molecule has 0 saturated carbocycles. The van der Waals surface area contributed by atoms with Crippen molar-refractivity contribution in [3.63, 3.8) is 0 Å². The number of nitrogens with one attached hydrogen (secondary N) is 2. The molecule has 0 aliphatic carbocycles. The lowest BCUT2D eigenvalue weighted by atomic mass is 10.0. The van der Waals surface area contributed by atoms with Crippen LogP contribution in [0.3, 0.4) is 0 Å². The average Bonchev–Trinajstić information content (AvgIpc) is 3.21. The number of aromatic amines is 2. The van der Waals surface area contributed by atoms with Crippen LogP contribution >= 0.6 is 22.9 Å². The molecule has 3 heterocycles. The van der Waals surface area contributed by atoms with Gasteiger partial charge < -0.3 is 9.97 Å². The Balaban J connectivity index is 2.04. The van der Waals surface area contributed by atoms with E-state index in [1.807, 2.05) is 11.4 Å². The number of pyridine rings is 1. The number of rotatable bonds is 1. The first kappa shape index (κ1) is 14.6. The van der Waals surface area contributed by atoms with E-state index in [4.69, 9.17) is 11.6 Å². The maximum Gasteiger partial charge on any atom is 0.256 e. The minimum Gasteiger partial charge on any atom is -0.337 e. The van der Waals surface area contributed by atoms with Crippen LogP contribution in [-0.2, 0) is 0 Å². The van der Waals surface area contributed by atoms with Crippen molar-refractivity contribution in [2.75, 3.05) is 0 Å². The van der Waals surface area contributed by atoms with E-state index in [-0.39, 0.29) is 5.56 Å². The first-order valence-corrected chi connectivity index (χ1v) is 8.75. The normalized spacial score (nSPS) is 11.8. The summed E-state index contributed by atoms with van der Waals surface area (Å²) >= 11 is 7.71. The molecule has 25 heavy (non-hydrogen) atoms. The number of H-pyrrole nitrogens is 2. The van der Waals surface area contributed by atoms with Crippen molar-refractivity contribution in [3.8, 4) is 10.7 Å². The summed E-state index contributed by atoms with van der Waals surface area (Å²) in [5.41, 5.74) is 1.16. The number of nitrogens with zero attached hydrogens (tertiary/aromatic N) is 1. The molecule has 122 valence electrons. The monoisotopic (exact) mass is 369 g/mol. The number of fused-ring (bicyclic) bond motifs is 6. The van der Waals surface area contributed by atoms with E-state index in [1.54, 1.807) is 18.3 Å². The first-order valence-electron chi connectivity index (χ1n) is 7.49. The van der Waals surface area contributed by atoms with E-state index in [1.165, 1.54) is 23.5 Å². The number of hydrogen-bond acceptors (Lipinski definition) is 3. The number of aromatic nitrogens is 3. The number of thiophene rings is 1. The lowest BCUT2D eigenvalue weighted by Gasteiger charge is -2.05. The quantitative estimate of drug-likeness (QED) is 0.405. The molecule has 0 bridgehead atoms. The summed E-state index contributed by atoms with van der Waals surface area (Å²) in [5.74, 6) is 0.238. The fourth-order valence-corrected chi connectivity index (χ4v) is 4.31. The van der Waals surface area contributed by atoms with Gasteiger partial charge in [-0.15, -0.1) is 11.3 Å². The minimum atomic E-state index is -0.395. The first-order chi connectivity index (χ1) is 12.1. The number of halogens is 2. The van der Waals surface area contributed by atoms with E-state index in [9.17, 15) is 9.18 Å². The van der Waals surface area contributed by atoms with Gasteiger partial charge in [-0.25, -0.2) is 9.37 Å². The predicted octanol–water partition coefficient (Wildman–Crippen LogP) is 5.08. The van der Waals surface area contributed by atoms with E-state index < -0.39 is 5.82 Å². The number of imidazole rings is 1. The van der Waals surface area contributed by atoms with Gasteiger partial charge in [0.2, 0.25) is 0 Å². The molecule has 3 aromatic heterocycles. The Morgan fingerprint density at radius 2 is 2.00 bits per heavy atom. The van der Waals surface area contributed by atoms with Gasteiger partial charge in [0.05, 0.1) is 26.3 Å². The van der Waals surface area contributed by atoms with Crippen molar-refractivity contribution in [3.05, 3.63) is 63.1 Å². The molecule has 0 atom stereocenters. The largest absolute Gasteiger partial charge is 0.337 e. The lowest BCUT2D eigenvalue weighted by Crippen LogP contribution is -2.05. The Morgan fingerprint density at radius 3 is 2.80 bits per heavy atom. The number of hydrogen-bond donors (Lipinski definition) is 2. The van der Waals surface area contributed by atoms with Gasteiger partial charge in [0.15, 0.2) is 0 Å². The molecular weight excluding hydrogens is 361 g/mol. The standard InChI is InChI=1S/C18H9ClFN3OS/c19-12-4-6-25-16(12)17-22-14-9-2-1-8(20)7-11(9)13-10(15(14)23-17)3-5-21-18(13)24/h1-7H,(H,21,24)(H,22,23). The SMILES string of the molecule is O=c1[nH]ccc2c3[nH]c(-c4sccc4Cl)nc3c3ccc(F)cc3c12. The minimum absolute atomic E-state index is 0.264. The zero-order valence-corrected chi connectivity index (χ0v) is 14.1. The molecule has 0 aliphatic rings. The second-order valence-electron chi connectivity index (χ2n) is 5.69. The molecular formula is C18H9ClFN3OS. The molecule has 7 heteroatoms. The molecule has 2 N–H and O–H groups in total. The summed E-state index contributed by atoms with van der Waals surface area (Å²) in [6, 6.07) is 8.00. The predicted molar refractivity (Wildman–Crippen MR) is 100 cm³/mol. The Hall–Kier alpha value is -2.70. The second kappa shape index (κ2) is 5.15. The van der Waals surface area contributed by atoms with Crippen LogP contribution in [0, 0.1) is 5.82 Å². The third-order valence-corrected chi connectivity index (χ3v) is 5.62. The Kier molecular flexibility index (Phi) is 3.01. The van der Waals surface area contributed by atoms with Gasteiger partial charge in [-0.3, -0.25) is 4.79 Å². The van der Waals surface area contributed by atoms with Crippen LogP contribution in [0.25, 0.3) is 43.3 Å². The van der Waals surface area contributed by atoms with Crippen molar-refractivity contribution >= 4 is 55.5 Å². The maximum atomic E-state index is 13.8. The van der Waals surface area contributed by atoms with Crippen LogP contribution in [0.5, 0.6) is 0 Å². The Morgan fingerprint density at radius 1 is 1.12 bits per heavy atom. The Labute approximate surface area is 148 Å². The van der Waals surface area contributed by atoms with Crippen LogP contribution in [-0.4, -0.2) is 15.0 Å². The fraction of sp³-hybridized carbons (Fsp3) is 0. The van der Waals surface area contributed by atoms with E-state index in [0.717, 1.165) is 15.8 Å². The molecule has 5 aromatic rings. The van der Waals surface area contributed by atoms with Crippen molar-refractivity contribution in [2.45, 2.75) is 0 Å². The molecule has 0 radical (unpaired) electrons. The highest BCUT2D eigenvalue weighted by Crippen LogP contribution is 2.37. The van der Waals surface area contributed by atoms with Crippen LogP contribution in [0.2, 0.25) is 5.02 Å². The lowest BCUT2D eigenvalue weighted by molar-refractivity contribution is 0.630. The van der Waals surface area contributed by atoms with Gasteiger partial charge in [0.1, 0.15) is 11.6 Å². The summed E-state index contributed by atoms with van der Waals surface area (Å²) in [5, 5.41) is 4.90. The summed E-state index contributed by atoms with van der Waals surface area (Å²) in [7, 11) is 0. The van der Waals surface area contributed by atoms with Gasteiger partial charge in [0.25, 0.3) is 5.56 Å². The zero-order valence-electron chi connectivity index (χ0n) is 12.6. The van der Waals surface area contributed by atoms with Crippen LogP contribution in [0.4, 0.5) is 4.39 Å². The van der Waals surface area contributed by atoms with Crippen LogP contribution in [0.15, 0.2) is 46.7 Å². The maximum absolute atomic E-state index is 13.8. The molecule has 0 saturated heterocycles. The second-order valence-corrected chi connectivity index (χ2v) is 7.02. The van der Waals surface area contributed by atoms with Gasteiger partial charge in [-0.1, -0.05) is 11.6 Å². The third kappa shape index (κ3) is 2.04. The van der Waals surface area contributed by atoms with Crippen LogP contribution in [0.1, 0.15) is 0 Å². The molecule has 0 fully saturated rings. The smallest absolute Gasteiger partial charge is 0.256 e. The zero-order chi connectivity index (χ0) is 17.1. The van der Waals surface area contributed by atoms with Crippen molar-refractivity contribution in [1.29, 1.82) is 0 Å². The molecule has 0 amide bonds. The van der Waals surface area contributed by atoms with E-state index in [2.05, 4.69) is 15.0 Å². The fourth-order valence-electron chi connectivity index (χ4n) is 3.22. The highest BCUT2D eigenvalue weighted by Gasteiger charge is 2.17. The van der Waals surface area contributed by atoms with E-state index in [0.29, 0.717) is 32.5 Å². The molecule has 0 spiro atoms. The van der Waals surface area contributed by atoms with Gasteiger partial charge in [-0.2, -0.15) is 0 Å². The molecule has 4 nitrogen and oxygen atoms in total. The van der Waals surface area contributed by atoms with Gasteiger partial charge in [-0.05, 0) is 35.7 Å². The average molecular weight is 370 g/mol. The molecule has 0 aliphatic heterocycles. The van der Waals surface area contributed by atoms with Gasteiger partial charge >= 0.3 is 0 Å². The third-order valence-electron chi connectivity index (χ3n) is 4.27. The van der Waals surface area contributed by atoms with Crippen LogP contribution < -0.4 is 5.56 Å².